The number of sulfonamides is 1. The lowest BCUT2D eigenvalue weighted by molar-refractivity contribution is -0.121. The van der Waals surface area contributed by atoms with Gasteiger partial charge in [0.1, 0.15) is 0 Å². The third kappa shape index (κ3) is 4.80. The first-order valence-corrected chi connectivity index (χ1v) is 11.0. The Hall–Kier alpha value is -1.44. The summed E-state index contributed by atoms with van der Waals surface area (Å²) in [6.45, 7) is 4.19. The molecule has 5 nitrogen and oxygen atoms in total. The van der Waals surface area contributed by atoms with Gasteiger partial charge in [-0.15, -0.1) is 11.3 Å². The van der Waals surface area contributed by atoms with Crippen LogP contribution in [-0.4, -0.2) is 26.9 Å². The maximum absolute atomic E-state index is 12.4. The molecule has 0 atom stereocenters. The molecule has 25 heavy (non-hydrogen) atoms. The third-order valence-corrected chi connectivity index (χ3v) is 6.88. The maximum atomic E-state index is 12.4. The monoisotopic (exact) mass is 380 g/mol. The van der Waals surface area contributed by atoms with Crippen molar-refractivity contribution in [2.24, 2.45) is 5.92 Å². The predicted molar refractivity (Wildman–Crippen MR) is 101 cm³/mol. The zero-order chi connectivity index (χ0) is 18.0. The zero-order valence-electron chi connectivity index (χ0n) is 14.5. The first kappa shape index (κ1) is 18.4. The molecule has 136 valence electrons. The lowest BCUT2D eigenvalue weighted by atomic mass is 10.1. The van der Waals surface area contributed by atoms with E-state index in [4.69, 9.17) is 0 Å². The van der Waals surface area contributed by atoms with Crippen LogP contribution in [0.4, 0.5) is 0 Å². The predicted octanol–water partition coefficient (Wildman–Crippen LogP) is 3.05. The van der Waals surface area contributed by atoms with Crippen molar-refractivity contribution in [1.82, 2.24) is 10.0 Å². The molecule has 1 heterocycles. The number of hydrogen-bond acceptors (Lipinski definition) is 4. The largest absolute Gasteiger partial charge is 0.356 e. The molecular weight excluding hydrogens is 356 g/mol. The van der Waals surface area contributed by atoms with E-state index in [1.54, 1.807) is 37.3 Å². The van der Waals surface area contributed by atoms with Gasteiger partial charge >= 0.3 is 0 Å². The highest BCUT2D eigenvalue weighted by atomic mass is 32.2. The fraction of sp³-hybridized carbons (Fsp3) is 0.500. The smallest absolute Gasteiger partial charge is 0.240 e. The molecule has 2 N–H and O–H groups in total. The highest BCUT2D eigenvalue weighted by molar-refractivity contribution is 7.89. The minimum Gasteiger partial charge on any atom is -0.356 e. The van der Waals surface area contributed by atoms with Crippen LogP contribution in [0.3, 0.4) is 0 Å². The average Bonchev–Trinajstić information content (AvgIpc) is 3.24. The molecule has 0 radical (unpaired) electrons. The Labute approximate surface area is 152 Å². The number of rotatable bonds is 8. The number of carbonyl (C=O) groups is 1. The summed E-state index contributed by atoms with van der Waals surface area (Å²) < 4.78 is 28.4. The maximum Gasteiger partial charge on any atom is 0.240 e. The van der Waals surface area contributed by atoms with Gasteiger partial charge < -0.3 is 5.32 Å². The van der Waals surface area contributed by atoms with Crippen LogP contribution in [0.1, 0.15) is 38.7 Å². The van der Waals surface area contributed by atoms with Gasteiger partial charge in [-0.3, -0.25) is 4.79 Å². The summed E-state index contributed by atoms with van der Waals surface area (Å²) >= 11 is 1.60. The molecule has 3 rings (SSSR count). The molecular formula is C18H24N2O3S2. The normalized spacial score (nSPS) is 15.0. The first-order chi connectivity index (χ1) is 11.8. The molecule has 1 amide bonds. The third-order valence-electron chi connectivity index (χ3n) is 4.21. The summed E-state index contributed by atoms with van der Waals surface area (Å²) in [6, 6.07) is 5.08. The summed E-state index contributed by atoms with van der Waals surface area (Å²) in [5.41, 5.74) is 1.08. The van der Waals surface area contributed by atoms with Crippen molar-refractivity contribution in [2.75, 3.05) is 6.54 Å². The molecule has 1 aromatic carbocycles. The standard InChI is InChI=1S/C18H24N2O3S2/c1-12(2)20-25(22,23)15-5-6-17-16(10-15)14(11-24-17)7-8-19-18(21)9-13-3-4-13/h5-6,10-13,20H,3-4,7-9H2,1-2H3,(H,19,21). The van der Waals surface area contributed by atoms with Crippen LogP contribution in [-0.2, 0) is 21.2 Å². The molecule has 1 saturated carbocycles. The Bertz CT molecular complexity index is 868. The first-order valence-electron chi connectivity index (χ1n) is 8.64. The van der Waals surface area contributed by atoms with Crippen LogP contribution in [0.25, 0.3) is 10.1 Å². The van der Waals surface area contributed by atoms with Crippen molar-refractivity contribution < 1.29 is 13.2 Å². The van der Waals surface area contributed by atoms with Gasteiger partial charge in [-0.05, 0) is 73.6 Å². The fourth-order valence-corrected chi connectivity index (χ4v) is 5.05. The summed E-state index contributed by atoms with van der Waals surface area (Å²) in [7, 11) is -3.50. The minimum atomic E-state index is -3.50. The second-order valence-corrected chi connectivity index (χ2v) is 9.57. The quantitative estimate of drug-likeness (QED) is 0.739. The zero-order valence-corrected chi connectivity index (χ0v) is 16.2. The van der Waals surface area contributed by atoms with E-state index in [0.717, 1.165) is 15.6 Å². The van der Waals surface area contributed by atoms with Gasteiger partial charge in [-0.1, -0.05) is 0 Å². The number of thiophene rings is 1. The van der Waals surface area contributed by atoms with Crippen molar-refractivity contribution in [3.63, 3.8) is 0 Å². The molecule has 7 heteroatoms. The molecule has 1 aromatic heterocycles. The molecule has 1 fully saturated rings. The van der Waals surface area contributed by atoms with E-state index in [-0.39, 0.29) is 16.8 Å². The number of fused-ring (bicyclic) bond motifs is 1. The van der Waals surface area contributed by atoms with Crippen molar-refractivity contribution in [3.8, 4) is 0 Å². The molecule has 1 aliphatic rings. The van der Waals surface area contributed by atoms with Crippen LogP contribution >= 0.6 is 11.3 Å². The lowest BCUT2D eigenvalue weighted by Gasteiger charge is -2.10. The summed E-state index contributed by atoms with van der Waals surface area (Å²) in [5.74, 6) is 0.703. The van der Waals surface area contributed by atoms with E-state index < -0.39 is 10.0 Å². The van der Waals surface area contributed by atoms with Crippen LogP contribution < -0.4 is 10.0 Å². The van der Waals surface area contributed by atoms with Gasteiger partial charge in [-0.2, -0.15) is 0 Å². The van der Waals surface area contributed by atoms with E-state index in [1.165, 1.54) is 12.8 Å². The van der Waals surface area contributed by atoms with Crippen molar-refractivity contribution >= 4 is 37.4 Å². The van der Waals surface area contributed by atoms with E-state index in [2.05, 4.69) is 10.0 Å². The highest BCUT2D eigenvalue weighted by Crippen LogP contribution is 2.32. The number of hydrogen-bond donors (Lipinski definition) is 2. The van der Waals surface area contributed by atoms with E-state index in [1.807, 2.05) is 11.4 Å². The second-order valence-electron chi connectivity index (χ2n) is 6.94. The van der Waals surface area contributed by atoms with Gasteiger partial charge in [-0.25, -0.2) is 13.1 Å². The molecule has 1 aliphatic carbocycles. The Morgan fingerprint density at radius 2 is 2.08 bits per heavy atom. The summed E-state index contributed by atoms with van der Waals surface area (Å²) in [6.07, 6.45) is 3.68. The SMILES string of the molecule is CC(C)NS(=O)(=O)c1ccc2scc(CCNC(=O)CC3CC3)c2c1. The molecule has 0 unspecified atom stereocenters. The van der Waals surface area contributed by atoms with Crippen LogP contribution in [0.2, 0.25) is 0 Å². The van der Waals surface area contributed by atoms with E-state index >= 15 is 0 Å². The molecule has 0 aliphatic heterocycles. The van der Waals surface area contributed by atoms with Gasteiger partial charge in [0.25, 0.3) is 0 Å². The van der Waals surface area contributed by atoms with Gasteiger partial charge in [0.05, 0.1) is 4.90 Å². The molecule has 0 saturated heterocycles. The average molecular weight is 381 g/mol. The Morgan fingerprint density at radius 3 is 2.76 bits per heavy atom. The van der Waals surface area contributed by atoms with E-state index in [9.17, 15) is 13.2 Å². The number of nitrogens with one attached hydrogen (secondary N) is 2. The van der Waals surface area contributed by atoms with Crippen molar-refractivity contribution in [2.45, 2.75) is 50.5 Å². The highest BCUT2D eigenvalue weighted by Gasteiger charge is 2.24. The van der Waals surface area contributed by atoms with Crippen molar-refractivity contribution in [3.05, 3.63) is 29.1 Å². The number of carbonyl (C=O) groups excluding carboxylic acids is 1. The Morgan fingerprint density at radius 1 is 1.32 bits per heavy atom. The summed E-state index contributed by atoms with van der Waals surface area (Å²) in [5, 5.41) is 5.96. The van der Waals surface area contributed by atoms with Crippen LogP contribution in [0.5, 0.6) is 0 Å². The van der Waals surface area contributed by atoms with Crippen LogP contribution in [0.15, 0.2) is 28.5 Å². The van der Waals surface area contributed by atoms with Gasteiger partial charge in [0.15, 0.2) is 0 Å². The second kappa shape index (κ2) is 7.43. The van der Waals surface area contributed by atoms with E-state index in [0.29, 0.717) is 25.3 Å². The minimum absolute atomic E-state index is 0.117. The summed E-state index contributed by atoms with van der Waals surface area (Å²) in [4.78, 5) is 12.1. The van der Waals surface area contributed by atoms with Crippen molar-refractivity contribution in [1.29, 1.82) is 0 Å². The van der Waals surface area contributed by atoms with Gasteiger partial charge in [0, 0.05) is 23.7 Å². The Balaban J connectivity index is 1.70. The van der Waals surface area contributed by atoms with Gasteiger partial charge in [0.2, 0.25) is 15.9 Å². The number of amides is 1. The van der Waals surface area contributed by atoms with Crippen LogP contribution in [0, 0.1) is 5.92 Å². The molecule has 2 aromatic rings. The topological polar surface area (TPSA) is 75.3 Å². The lowest BCUT2D eigenvalue weighted by Crippen LogP contribution is -2.30. The Kier molecular flexibility index (Phi) is 5.46. The number of benzene rings is 1. The molecule has 0 spiro atoms. The molecule has 0 bridgehead atoms. The fourth-order valence-electron chi connectivity index (χ4n) is 2.79.